The van der Waals surface area contributed by atoms with Crippen LogP contribution in [0.2, 0.25) is 0 Å². The van der Waals surface area contributed by atoms with E-state index in [4.69, 9.17) is 14.2 Å². The van der Waals surface area contributed by atoms with E-state index in [0.29, 0.717) is 48.3 Å². The Balaban J connectivity index is 1.52. The number of benzene rings is 2. The van der Waals surface area contributed by atoms with Crippen molar-refractivity contribution in [2.45, 2.75) is 10.9 Å². The summed E-state index contributed by atoms with van der Waals surface area (Å²) >= 11 is 1.47. The third-order valence-electron chi connectivity index (χ3n) is 5.61. The van der Waals surface area contributed by atoms with Crippen LogP contribution in [-0.4, -0.2) is 69.5 Å². The predicted molar refractivity (Wildman–Crippen MR) is 123 cm³/mol. The van der Waals surface area contributed by atoms with Crippen molar-refractivity contribution in [2.75, 3.05) is 58.1 Å². The molecule has 0 spiro atoms. The van der Waals surface area contributed by atoms with Crippen molar-refractivity contribution in [1.29, 1.82) is 0 Å². The number of methoxy groups -OCH3 is 2. The minimum Gasteiger partial charge on any atom is -0.493 e. The number of anilines is 1. The second kappa shape index (κ2) is 10.2. The molecule has 4 rings (SSSR count). The van der Waals surface area contributed by atoms with Gasteiger partial charge in [-0.1, -0.05) is 6.07 Å². The fourth-order valence-electron chi connectivity index (χ4n) is 3.92. The fourth-order valence-corrected chi connectivity index (χ4v) is 4.71. The van der Waals surface area contributed by atoms with Crippen LogP contribution in [0, 0.1) is 0 Å². The van der Waals surface area contributed by atoms with Crippen LogP contribution in [0.1, 0.15) is 22.0 Å². The predicted octanol–water partition coefficient (Wildman–Crippen LogP) is 2.55. The number of thioether (sulfide) groups is 1. The Labute approximate surface area is 191 Å². The number of hydrogen-bond acceptors (Lipinski definition) is 7. The normalized spacial score (nSPS) is 17.1. The van der Waals surface area contributed by atoms with Crippen LogP contribution >= 0.6 is 11.8 Å². The smallest absolute Gasteiger partial charge is 0.251 e. The van der Waals surface area contributed by atoms with E-state index in [9.17, 15) is 9.59 Å². The molecule has 2 aliphatic heterocycles. The summed E-state index contributed by atoms with van der Waals surface area (Å²) in [5.74, 6) is 1.47. The molecule has 0 radical (unpaired) electrons. The van der Waals surface area contributed by atoms with Gasteiger partial charge in [0.1, 0.15) is 0 Å². The van der Waals surface area contributed by atoms with Gasteiger partial charge in [0.05, 0.1) is 44.9 Å². The van der Waals surface area contributed by atoms with E-state index in [1.54, 1.807) is 26.4 Å². The highest BCUT2D eigenvalue weighted by Gasteiger charge is 2.25. The lowest BCUT2D eigenvalue weighted by molar-refractivity contribution is -0.113. The monoisotopic (exact) mass is 457 g/mol. The van der Waals surface area contributed by atoms with Gasteiger partial charge >= 0.3 is 0 Å². The van der Waals surface area contributed by atoms with Crippen LogP contribution in [-0.2, 0) is 9.53 Å². The molecule has 9 heteroatoms. The first kappa shape index (κ1) is 22.4. The molecule has 2 aromatic carbocycles. The van der Waals surface area contributed by atoms with E-state index in [1.165, 1.54) is 11.8 Å². The largest absolute Gasteiger partial charge is 0.493 e. The Morgan fingerprint density at radius 2 is 1.94 bits per heavy atom. The van der Waals surface area contributed by atoms with E-state index in [2.05, 4.69) is 15.5 Å². The first-order chi connectivity index (χ1) is 15.6. The van der Waals surface area contributed by atoms with Gasteiger partial charge in [-0.2, -0.15) is 0 Å². The van der Waals surface area contributed by atoms with E-state index in [-0.39, 0.29) is 17.9 Å². The Morgan fingerprint density at radius 3 is 2.69 bits per heavy atom. The van der Waals surface area contributed by atoms with Crippen molar-refractivity contribution in [3.05, 3.63) is 47.5 Å². The average Bonchev–Trinajstić information content (AvgIpc) is 2.84. The molecule has 170 valence electrons. The number of nitrogens with one attached hydrogen (secondary N) is 2. The minimum absolute atomic E-state index is 0.0458. The van der Waals surface area contributed by atoms with Gasteiger partial charge in [0.25, 0.3) is 5.91 Å². The zero-order chi connectivity index (χ0) is 22.5. The number of rotatable bonds is 7. The molecule has 8 nitrogen and oxygen atoms in total. The molecular weight excluding hydrogens is 430 g/mol. The summed E-state index contributed by atoms with van der Waals surface area (Å²) in [7, 11) is 3.22. The molecular formula is C23H27N3O5S. The van der Waals surface area contributed by atoms with Gasteiger partial charge in [0.2, 0.25) is 5.91 Å². The van der Waals surface area contributed by atoms with Crippen LogP contribution in [0.15, 0.2) is 41.3 Å². The molecule has 1 fully saturated rings. The maximum atomic E-state index is 12.9. The highest BCUT2D eigenvalue weighted by molar-refractivity contribution is 8.00. The van der Waals surface area contributed by atoms with Gasteiger partial charge in [0, 0.05) is 30.1 Å². The fraction of sp³-hybridized carbons (Fsp3) is 0.391. The first-order valence-corrected chi connectivity index (χ1v) is 11.5. The summed E-state index contributed by atoms with van der Waals surface area (Å²) in [4.78, 5) is 27.9. The van der Waals surface area contributed by atoms with Gasteiger partial charge in [-0.3, -0.25) is 14.5 Å². The molecule has 2 heterocycles. The van der Waals surface area contributed by atoms with Gasteiger partial charge in [0.15, 0.2) is 11.5 Å². The quantitative estimate of drug-likeness (QED) is 0.661. The van der Waals surface area contributed by atoms with Crippen molar-refractivity contribution < 1.29 is 23.8 Å². The third kappa shape index (κ3) is 5.01. The zero-order valence-corrected chi connectivity index (χ0v) is 19.0. The number of morpholine rings is 1. The van der Waals surface area contributed by atoms with E-state index in [1.807, 2.05) is 24.3 Å². The SMILES string of the molecule is COc1ccc(C(CNC(=O)c2ccc3c(c2)NC(=O)CS3)N2CCOCC2)cc1OC. The second-order valence-electron chi connectivity index (χ2n) is 7.54. The molecule has 0 bridgehead atoms. The Kier molecular flexibility index (Phi) is 7.19. The Hall–Kier alpha value is -2.75. The van der Waals surface area contributed by atoms with Gasteiger partial charge in [-0.25, -0.2) is 0 Å². The molecule has 0 aliphatic carbocycles. The molecule has 0 saturated carbocycles. The number of carbonyl (C=O) groups excluding carboxylic acids is 2. The number of nitrogens with zero attached hydrogens (tertiary/aromatic N) is 1. The number of hydrogen-bond donors (Lipinski definition) is 2. The molecule has 2 aliphatic rings. The standard InChI is InChI=1S/C23H27N3O5S/c1-29-19-5-3-15(12-20(19)30-2)18(26-7-9-31-10-8-26)13-24-23(28)16-4-6-21-17(11-16)25-22(27)14-32-21/h3-6,11-12,18H,7-10,13-14H2,1-2H3,(H,24,28)(H,25,27). The van der Waals surface area contributed by atoms with Crippen LogP contribution in [0.4, 0.5) is 5.69 Å². The summed E-state index contributed by atoms with van der Waals surface area (Å²) in [5, 5.41) is 5.90. The third-order valence-corrected chi connectivity index (χ3v) is 6.68. The molecule has 32 heavy (non-hydrogen) atoms. The first-order valence-electron chi connectivity index (χ1n) is 10.5. The number of amides is 2. The second-order valence-corrected chi connectivity index (χ2v) is 8.55. The molecule has 1 unspecified atom stereocenters. The van der Waals surface area contributed by atoms with Crippen LogP contribution in [0.5, 0.6) is 11.5 Å². The van der Waals surface area contributed by atoms with Gasteiger partial charge in [-0.05, 0) is 35.9 Å². The summed E-state index contributed by atoms with van der Waals surface area (Å²) in [6, 6.07) is 11.2. The van der Waals surface area contributed by atoms with Crippen LogP contribution < -0.4 is 20.1 Å². The Bertz CT molecular complexity index is 994. The summed E-state index contributed by atoms with van der Waals surface area (Å²) in [6.07, 6.45) is 0. The maximum Gasteiger partial charge on any atom is 0.251 e. The summed E-state index contributed by atoms with van der Waals surface area (Å²) < 4.78 is 16.4. The molecule has 0 aromatic heterocycles. The highest BCUT2D eigenvalue weighted by atomic mass is 32.2. The highest BCUT2D eigenvalue weighted by Crippen LogP contribution is 2.33. The molecule has 2 aromatic rings. The van der Waals surface area contributed by atoms with Crippen molar-refractivity contribution >= 4 is 29.3 Å². The topological polar surface area (TPSA) is 89.1 Å². The minimum atomic E-state index is -0.184. The lowest BCUT2D eigenvalue weighted by Gasteiger charge is -2.35. The van der Waals surface area contributed by atoms with Crippen molar-refractivity contribution in [3.8, 4) is 11.5 Å². The van der Waals surface area contributed by atoms with E-state index < -0.39 is 0 Å². The molecule has 2 amide bonds. The van der Waals surface area contributed by atoms with Gasteiger partial charge in [-0.15, -0.1) is 11.8 Å². The van der Waals surface area contributed by atoms with Crippen molar-refractivity contribution in [2.24, 2.45) is 0 Å². The van der Waals surface area contributed by atoms with Crippen LogP contribution in [0.25, 0.3) is 0 Å². The lowest BCUT2D eigenvalue weighted by Crippen LogP contribution is -2.43. The molecule has 1 saturated heterocycles. The van der Waals surface area contributed by atoms with Gasteiger partial charge < -0.3 is 24.8 Å². The summed E-state index contributed by atoms with van der Waals surface area (Å²) in [5.41, 5.74) is 2.22. The lowest BCUT2D eigenvalue weighted by atomic mass is 10.0. The van der Waals surface area contributed by atoms with Crippen LogP contribution in [0.3, 0.4) is 0 Å². The number of ether oxygens (including phenoxy) is 3. The molecule has 1 atom stereocenters. The number of fused-ring (bicyclic) bond motifs is 1. The Morgan fingerprint density at radius 1 is 1.16 bits per heavy atom. The van der Waals surface area contributed by atoms with E-state index >= 15 is 0 Å². The molecule has 2 N–H and O–H groups in total. The van der Waals surface area contributed by atoms with Crippen molar-refractivity contribution in [3.63, 3.8) is 0 Å². The zero-order valence-electron chi connectivity index (χ0n) is 18.2. The van der Waals surface area contributed by atoms with E-state index in [0.717, 1.165) is 23.5 Å². The number of carbonyl (C=O) groups is 2. The van der Waals surface area contributed by atoms with Crippen molar-refractivity contribution in [1.82, 2.24) is 10.2 Å². The maximum absolute atomic E-state index is 12.9. The average molecular weight is 458 g/mol. The summed E-state index contributed by atoms with van der Waals surface area (Å²) in [6.45, 7) is 3.28.